The van der Waals surface area contributed by atoms with Crippen LogP contribution >= 0.6 is 0 Å². The van der Waals surface area contributed by atoms with E-state index in [9.17, 15) is 9.59 Å². The molecule has 28 heavy (non-hydrogen) atoms. The average Bonchev–Trinajstić information content (AvgIpc) is 3.24. The number of hydrogen-bond acceptors (Lipinski definition) is 3. The molecular weight excluding hydrogens is 350 g/mol. The predicted molar refractivity (Wildman–Crippen MR) is 108 cm³/mol. The molecule has 6 rings (SSSR count). The molecule has 5 aromatic rings. The molecule has 0 spiro atoms. The van der Waals surface area contributed by atoms with E-state index >= 15 is 0 Å². The third-order valence-electron chi connectivity index (χ3n) is 5.32. The van der Waals surface area contributed by atoms with Gasteiger partial charge in [0.1, 0.15) is 5.65 Å². The van der Waals surface area contributed by atoms with Crippen LogP contribution in [0.15, 0.2) is 79.0 Å². The van der Waals surface area contributed by atoms with Crippen LogP contribution in [0.2, 0.25) is 0 Å². The van der Waals surface area contributed by atoms with Crippen molar-refractivity contribution in [3.63, 3.8) is 0 Å². The Morgan fingerprint density at radius 2 is 1.36 bits per heavy atom. The maximum absolute atomic E-state index is 13.5. The minimum Gasteiger partial charge on any atom is -0.299 e. The maximum atomic E-state index is 13.5. The summed E-state index contributed by atoms with van der Waals surface area (Å²) in [5.41, 5.74) is 3.59. The standard InChI is InChI=1S/C23H13N3O2/c27-22-18-15-10-4-5-11-16(15)20-21(25-13-7-6-12-17(25)24-20)19(18)23(28)26(22)14-8-2-1-3-9-14/h1-13H. The SMILES string of the molecule is O=C1c2c(c3c(nc4ccccn43)c3ccccc23)C(=O)N1c1ccccc1. The normalized spacial score (nSPS) is 13.8. The van der Waals surface area contributed by atoms with Crippen LogP contribution in [-0.2, 0) is 0 Å². The van der Waals surface area contributed by atoms with Gasteiger partial charge in [-0.15, -0.1) is 0 Å². The highest BCUT2D eigenvalue weighted by molar-refractivity contribution is 6.41. The van der Waals surface area contributed by atoms with Crippen LogP contribution in [0.4, 0.5) is 5.69 Å². The Kier molecular flexibility index (Phi) is 2.84. The number of hydrogen-bond donors (Lipinski definition) is 0. The number of anilines is 1. The number of carbonyl (C=O) groups excluding carboxylic acids is 2. The Morgan fingerprint density at radius 3 is 2.18 bits per heavy atom. The summed E-state index contributed by atoms with van der Waals surface area (Å²) < 4.78 is 1.89. The topological polar surface area (TPSA) is 54.7 Å². The molecule has 2 aromatic heterocycles. The number of nitrogens with zero attached hydrogens (tertiary/aromatic N) is 3. The predicted octanol–water partition coefficient (Wildman–Crippen LogP) is 4.44. The summed E-state index contributed by atoms with van der Waals surface area (Å²) in [7, 11) is 0. The summed E-state index contributed by atoms with van der Waals surface area (Å²) in [6.07, 6.45) is 1.88. The molecule has 0 fully saturated rings. The van der Waals surface area contributed by atoms with Crippen LogP contribution in [0.25, 0.3) is 27.5 Å². The van der Waals surface area contributed by atoms with Crippen LogP contribution in [-0.4, -0.2) is 21.2 Å². The highest BCUT2D eigenvalue weighted by Crippen LogP contribution is 2.39. The second kappa shape index (κ2) is 5.27. The van der Waals surface area contributed by atoms with E-state index in [1.165, 1.54) is 4.90 Å². The molecular formula is C23H13N3O2. The van der Waals surface area contributed by atoms with E-state index in [4.69, 9.17) is 4.98 Å². The van der Waals surface area contributed by atoms with Gasteiger partial charge in [0, 0.05) is 11.6 Å². The van der Waals surface area contributed by atoms with Gasteiger partial charge in [0.15, 0.2) is 0 Å². The van der Waals surface area contributed by atoms with Gasteiger partial charge in [0.2, 0.25) is 0 Å². The molecule has 0 N–H and O–H groups in total. The van der Waals surface area contributed by atoms with Crippen LogP contribution in [0.3, 0.4) is 0 Å². The highest BCUT2D eigenvalue weighted by atomic mass is 16.2. The monoisotopic (exact) mass is 363 g/mol. The van der Waals surface area contributed by atoms with Crippen molar-refractivity contribution in [1.82, 2.24) is 9.38 Å². The van der Waals surface area contributed by atoms with Crippen LogP contribution in [0.5, 0.6) is 0 Å². The van der Waals surface area contributed by atoms with Crippen LogP contribution in [0, 0.1) is 0 Å². The van der Waals surface area contributed by atoms with Crippen molar-refractivity contribution in [3.05, 3.63) is 90.1 Å². The largest absolute Gasteiger partial charge is 0.299 e. The van der Waals surface area contributed by atoms with E-state index in [0.29, 0.717) is 22.3 Å². The Hall–Kier alpha value is -3.99. The lowest BCUT2D eigenvalue weighted by Gasteiger charge is -2.13. The van der Waals surface area contributed by atoms with E-state index in [1.807, 2.05) is 71.3 Å². The summed E-state index contributed by atoms with van der Waals surface area (Å²) >= 11 is 0. The Bertz CT molecular complexity index is 1450. The maximum Gasteiger partial charge on any atom is 0.268 e. The smallest absolute Gasteiger partial charge is 0.268 e. The zero-order chi connectivity index (χ0) is 18.8. The molecule has 0 saturated heterocycles. The van der Waals surface area contributed by atoms with Gasteiger partial charge in [-0.25, -0.2) is 9.88 Å². The van der Waals surface area contributed by atoms with Gasteiger partial charge in [0.25, 0.3) is 11.8 Å². The molecule has 0 saturated carbocycles. The average molecular weight is 363 g/mol. The van der Waals surface area contributed by atoms with Crippen molar-refractivity contribution in [2.75, 3.05) is 4.90 Å². The van der Waals surface area contributed by atoms with E-state index in [-0.39, 0.29) is 11.8 Å². The third kappa shape index (κ3) is 1.77. The molecule has 3 heterocycles. The van der Waals surface area contributed by atoms with Crippen LogP contribution in [0.1, 0.15) is 20.7 Å². The highest BCUT2D eigenvalue weighted by Gasteiger charge is 2.41. The van der Waals surface area contributed by atoms with Crippen molar-refractivity contribution in [2.24, 2.45) is 0 Å². The summed E-state index contributed by atoms with van der Waals surface area (Å²) in [4.78, 5) is 32.9. The fourth-order valence-corrected chi connectivity index (χ4v) is 4.14. The molecule has 2 amide bonds. The van der Waals surface area contributed by atoms with Crippen molar-refractivity contribution in [2.45, 2.75) is 0 Å². The lowest BCUT2D eigenvalue weighted by Crippen LogP contribution is -2.29. The van der Waals surface area contributed by atoms with Crippen molar-refractivity contribution in [1.29, 1.82) is 0 Å². The number of imidazole rings is 1. The van der Waals surface area contributed by atoms with Crippen LogP contribution < -0.4 is 4.90 Å². The van der Waals surface area contributed by atoms with E-state index in [0.717, 1.165) is 21.9 Å². The fourth-order valence-electron chi connectivity index (χ4n) is 4.14. The van der Waals surface area contributed by atoms with E-state index in [1.54, 1.807) is 12.1 Å². The van der Waals surface area contributed by atoms with Gasteiger partial charge in [-0.1, -0.05) is 48.5 Å². The molecule has 1 aliphatic heterocycles. The number of imide groups is 1. The Balaban J connectivity index is 1.81. The van der Waals surface area contributed by atoms with Crippen molar-refractivity contribution < 1.29 is 9.59 Å². The van der Waals surface area contributed by atoms with Crippen molar-refractivity contribution in [3.8, 4) is 0 Å². The van der Waals surface area contributed by atoms with Gasteiger partial charge in [0.05, 0.1) is 27.8 Å². The van der Waals surface area contributed by atoms with Gasteiger partial charge in [-0.3, -0.25) is 14.0 Å². The van der Waals surface area contributed by atoms with E-state index in [2.05, 4.69) is 0 Å². The number of fused-ring (bicyclic) bond motifs is 8. The number of aromatic nitrogens is 2. The zero-order valence-electron chi connectivity index (χ0n) is 14.7. The number of rotatable bonds is 1. The summed E-state index contributed by atoms with van der Waals surface area (Å²) in [6, 6.07) is 22.4. The Labute approximate surface area is 159 Å². The zero-order valence-corrected chi connectivity index (χ0v) is 14.7. The van der Waals surface area contributed by atoms with E-state index < -0.39 is 0 Å². The minimum absolute atomic E-state index is 0.296. The van der Waals surface area contributed by atoms with Gasteiger partial charge in [-0.05, 0) is 29.7 Å². The molecule has 5 nitrogen and oxygen atoms in total. The van der Waals surface area contributed by atoms with Gasteiger partial charge >= 0.3 is 0 Å². The molecule has 0 aliphatic carbocycles. The number of amides is 2. The first-order valence-corrected chi connectivity index (χ1v) is 9.01. The van der Waals surface area contributed by atoms with Gasteiger partial charge < -0.3 is 0 Å². The van der Waals surface area contributed by atoms with Gasteiger partial charge in [-0.2, -0.15) is 0 Å². The third-order valence-corrected chi connectivity index (χ3v) is 5.32. The second-order valence-corrected chi connectivity index (χ2v) is 6.81. The summed E-state index contributed by atoms with van der Waals surface area (Å²) in [5.74, 6) is -0.609. The molecule has 132 valence electrons. The first kappa shape index (κ1) is 15.1. The summed E-state index contributed by atoms with van der Waals surface area (Å²) in [5, 5.41) is 1.63. The molecule has 0 atom stereocenters. The minimum atomic E-state index is -0.312. The fraction of sp³-hybridized carbons (Fsp3) is 0. The second-order valence-electron chi connectivity index (χ2n) is 6.81. The van der Waals surface area contributed by atoms with Crippen molar-refractivity contribution >= 4 is 45.0 Å². The number of benzene rings is 3. The first-order chi connectivity index (χ1) is 13.8. The first-order valence-electron chi connectivity index (χ1n) is 9.01. The molecule has 0 unspecified atom stereocenters. The lowest BCUT2D eigenvalue weighted by molar-refractivity contribution is 0.0927. The summed E-state index contributed by atoms with van der Waals surface area (Å²) in [6.45, 7) is 0. The molecule has 5 heteroatoms. The number of pyridine rings is 1. The number of para-hydroxylation sites is 1. The quantitative estimate of drug-likeness (QED) is 0.414. The molecule has 0 bridgehead atoms. The number of carbonyl (C=O) groups is 2. The lowest BCUT2D eigenvalue weighted by atomic mass is 9.98. The Morgan fingerprint density at radius 1 is 0.679 bits per heavy atom. The molecule has 3 aromatic carbocycles. The molecule has 0 radical (unpaired) electrons. The molecule has 1 aliphatic rings.